The number of rotatable bonds is 6. The van der Waals surface area contributed by atoms with Crippen LogP contribution in [0.5, 0.6) is 5.75 Å². The highest BCUT2D eigenvalue weighted by atomic mass is 32.1. The second kappa shape index (κ2) is 7.22. The van der Waals surface area contributed by atoms with Crippen LogP contribution in [0.3, 0.4) is 0 Å². The average molecular weight is 363 g/mol. The van der Waals surface area contributed by atoms with Gasteiger partial charge in [0.1, 0.15) is 5.75 Å². The molecule has 0 bridgehead atoms. The highest BCUT2D eigenvalue weighted by Gasteiger charge is 2.12. The number of hydrogen-bond donors (Lipinski definition) is 2. The average Bonchev–Trinajstić information content (AvgIpc) is 3.32. The van der Waals surface area contributed by atoms with E-state index in [4.69, 9.17) is 9.72 Å². The lowest BCUT2D eigenvalue weighted by atomic mass is 10.1. The maximum atomic E-state index is 5.41. The van der Waals surface area contributed by atoms with Crippen LogP contribution in [-0.2, 0) is 13.0 Å². The van der Waals surface area contributed by atoms with E-state index in [1.54, 1.807) is 18.4 Å². The number of nitrogens with zero attached hydrogens (tertiary/aromatic N) is 1. The van der Waals surface area contributed by atoms with E-state index in [0.717, 1.165) is 34.1 Å². The van der Waals surface area contributed by atoms with E-state index >= 15 is 0 Å². The Morgan fingerprint density at radius 1 is 1.12 bits per heavy atom. The van der Waals surface area contributed by atoms with Gasteiger partial charge < -0.3 is 15.0 Å². The predicted octanol–water partition coefficient (Wildman–Crippen LogP) is 5.47. The van der Waals surface area contributed by atoms with E-state index in [9.17, 15) is 0 Å². The van der Waals surface area contributed by atoms with Crippen LogP contribution in [-0.4, -0.2) is 17.1 Å². The summed E-state index contributed by atoms with van der Waals surface area (Å²) in [6.07, 6.45) is 3.07. The lowest BCUT2D eigenvalue weighted by molar-refractivity contribution is 0.410. The number of aromatic nitrogens is 2. The Bertz CT molecular complexity index is 1030. The summed E-state index contributed by atoms with van der Waals surface area (Å²) in [5.41, 5.74) is 5.81. The van der Waals surface area contributed by atoms with E-state index in [-0.39, 0.29) is 0 Å². The minimum absolute atomic E-state index is 0.685. The first-order chi connectivity index (χ1) is 12.8. The number of methoxy groups -OCH3 is 1. The van der Waals surface area contributed by atoms with E-state index in [0.29, 0.717) is 6.54 Å². The molecule has 0 radical (unpaired) electrons. The fourth-order valence-electron chi connectivity index (χ4n) is 3.22. The Kier molecular flexibility index (Phi) is 4.63. The zero-order valence-corrected chi connectivity index (χ0v) is 15.7. The zero-order chi connectivity index (χ0) is 17.9. The number of aryl methyl sites for hydroxylation is 1. The number of fused-ring (bicyclic) bond motifs is 1. The molecule has 0 saturated carbocycles. The molecule has 0 atom stereocenters. The molecular weight excluding hydrogens is 342 g/mol. The molecule has 0 saturated heterocycles. The van der Waals surface area contributed by atoms with Gasteiger partial charge in [0, 0.05) is 40.2 Å². The molecule has 4 rings (SSSR count). The van der Waals surface area contributed by atoms with Crippen molar-refractivity contribution >= 4 is 27.4 Å². The molecule has 26 heavy (non-hydrogen) atoms. The molecule has 0 unspecified atom stereocenters. The number of ether oxygens (including phenoxy) is 1. The Morgan fingerprint density at radius 3 is 2.81 bits per heavy atom. The number of H-pyrrole nitrogens is 1. The highest BCUT2D eigenvalue weighted by Crippen LogP contribution is 2.32. The van der Waals surface area contributed by atoms with E-state index in [1.807, 2.05) is 18.2 Å². The summed E-state index contributed by atoms with van der Waals surface area (Å²) in [5, 5.41) is 7.65. The highest BCUT2D eigenvalue weighted by molar-refractivity contribution is 7.14. The van der Waals surface area contributed by atoms with Crippen molar-refractivity contribution in [3.05, 3.63) is 65.2 Å². The summed E-state index contributed by atoms with van der Waals surface area (Å²) in [6, 6.07) is 14.5. The van der Waals surface area contributed by atoms with Crippen molar-refractivity contribution in [2.75, 3.05) is 12.4 Å². The molecule has 132 valence electrons. The Hall–Kier alpha value is -2.79. The van der Waals surface area contributed by atoms with Crippen LogP contribution in [0.2, 0.25) is 0 Å². The molecule has 2 aromatic carbocycles. The molecule has 2 heterocycles. The van der Waals surface area contributed by atoms with E-state index in [1.165, 1.54) is 16.5 Å². The van der Waals surface area contributed by atoms with Gasteiger partial charge in [-0.1, -0.05) is 43.3 Å². The number of thiazole rings is 1. The number of para-hydroxylation sites is 2. The van der Waals surface area contributed by atoms with Gasteiger partial charge in [-0.25, -0.2) is 4.98 Å². The van der Waals surface area contributed by atoms with Crippen LogP contribution in [0.1, 0.15) is 18.1 Å². The molecule has 0 fully saturated rings. The summed E-state index contributed by atoms with van der Waals surface area (Å²) >= 11 is 1.62. The molecule has 0 amide bonds. The minimum atomic E-state index is 0.685. The van der Waals surface area contributed by atoms with Gasteiger partial charge in [0.15, 0.2) is 5.13 Å². The van der Waals surface area contributed by atoms with Gasteiger partial charge in [0.05, 0.1) is 12.8 Å². The van der Waals surface area contributed by atoms with E-state index in [2.05, 4.69) is 53.1 Å². The van der Waals surface area contributed by atoms with E-state index < -0.39 is 0 Å². The van der Waals surface area contributed by atoms with Crippen molar-refractivity contribution in [3.8, 4) is 17.0 Å². The quantitative estimate of drug-likeness (QED) is 0.477. The molecule has 5 heteroatoms. The van der Waals surface area contributed by atoms with Crippen LogP contribution in [0.15, 0.2) is 54.0 Å². The van der Waals surface area contributed by atoms with Crippen molar-refractivity contribution < 1.29 is 4.74 Å². The Labute approximate surface area is 156 Å². The van der Waals surface area contributed by atoms with Crippen molar-refractivity contribution in [3.63, 3.8) is 0 Å². The largest absolute Gasteiger partial charge is 0.496 e. The van der Waals surface area contributed by atoms with Crippen molar-refractivity contribution in [1.82, 2.24) is 9.97 Å². The molecule has 0 aliphatic heterocycles. The van der Waals surface area contributed by atoms with Crippen molar-refractivity contribution in [2.24, 2.45) is 0 Å². The third-order valence-corrected chi connectivity index (χ3v) is 5.39. The molecule has 0 aliphatic carbocycles. The SMILES string of the molecule is CCc1cccc2c(-c3csc(NCc4ccccc4OC)n3)c[nH]c12. The van der Waals surface area contributed by atoms with Gasteiger partial charge in [-0.15, -0.1) is 11.3 Å². The second-order valence-corrected chi connectivity index (χ2v) is 6.96. The lowest BCUT2D eigenvalue weighted by Gasteiger charge is -2.08. The number of anilines is 1. The van der Waals surface area contributed by atoms with Crippen LogP contribution in [0.25, 0.3) is 22.2 Å². The summed E-state index contributed by atoms with van der Waals surface area (Å²) < 4.78 is 5.41. The normalized spacial score (nSPS) is 11.0. The molecule has 2 aromatic heterocycles. The van der Waals surface area contributed by atoms with Crippen LogP contribution in [0, 0.1) is 0 Å². The second-order valence-electron chi connectivity index (χ2n) is 6.10. The van der Waals surface area contributed by atoms with Gasteiger partial charge in [-0.2, -0.15) is 0 Å². The molecule has 0 aliphatic rings. The van der Waals surface area contributed by atoms with Gasteiger partial charge in [-0.05, 0) is 18.1 Å². The molecular formula is C21H21N3OS. The lowest BCUT2D eigenvalue weighted by Crippen LogP contribution is -2.01. The van der Waals surface area contributed by atoms with Gasteiger partial charge >= 0.3 is 0 Å². The predicted molar refractivity (Wildman–Crippen MR) is 109 cm³/mol. The summed E-state index contributed by atoms with van der Waals surface area (Å²) in [5.74, 6) is 0.889. The van der Waals surface area contributed by atoms with Gasteiger partial charge in [-0.3, -0.25) is 0 Å². The first-order valence-electron chi connectivity index (χ1n) is 8.70. The van der Waals surface area contributed by atoms with Crippen LogP contribution < -0.4 is 10.1 Å². The third kappa shape index (κ3) is 3.06. The number of aromatic amines is 1. The number of hydrogen-bond acceptors (Lipinski definition) is 4. The summed E-state index contributed by atoms with van der Waals surface area (Å²) in [6.45, 7) is 2.86. The first-order valence-corrected chi connectivity index (χ1v) is 9.58. The summed E-state index contributed by atoms with van der Waals surface area (Å²) in [4.78, 5) is 8.19. The zero-order valence-electron chi connectivity index (χ0n) is 14.9. The van der Waals surface area contributed by atoms with Crippen LogP contribution in [0.4, 0.5) is 5.13 Å². The fourth-order valence-corrected chi connectivity index (χ4v) is 3.93. The molecule has 0 spiro atoms. The minimum Gasteiger partial charge on any atom is -0.496 e. The van der Waals surface area contributed by atoms with Crippen molar-refractivity contribution in [2.45, 2.75) is 19.9 Å². The topological polar surface area (TPSA) is 49.9 Å². The molecule has 4 aromatic rings. The first kappa shape index (κ1) is 16.7. The number of nitrogens with one attached hydrogen (secondary N) is 2. The number of benzene rings is 2. The third-order valence-electron chi connectivity index (χ3n) is 4.59. The Balaban J connectivity index is 1.57. The maximum Gasteiger partial charge on any atom is 0.183 e. The maximum absolute atomic E-state index is 5.41. The smallest absolute Gasteiger partial charge is 0.183 e. The Morgan fingerprint density at radius 2 is 1.96 bits per heavy atom. The van der Waals surface area contributed by atoms with Crippen molar-refractivity contribution in [1.29, 1.82) is 0 Å². The summed E-state index contributed by atoms with van der Waals surface area (Å²) in [7, 11) is 1.70. The molecule has 4 nitrogen and oxygen atoms in total. The fraction of sp³-hybridized carbons (Fsp3) is 0.190. The standard InChI is InChI=1S/C21H21N3OS/c1-3-14-8-6-9-16-17(12-22-20(14)16)18-13-26-21(24-18)23-11-15-7-4-5-10-19(15)25-2/h4-10,12-13,22H,3,11H2,1-2H3,(H,23,24). The monoisotopic (exact) mass is 363 g/mol. The van der Waals surface area contributed by atoms with Gasteiger partial charge in [0.2, 0.25) is 0 Å². The van der Waals surface area contributed by atoms with Gasteiger partial charge in [0.25, 0.3) is 0 Å². The van der Waals surface area contributed by atoms with Crippen LogP contribution >= 0.6 is 11.3 Å². The molecule has 2 N–H and O–H groups in total.